The van der Waals surface area contributed by atoms with E-state index in [1.54, 1.807) is 0 Å². The van der Waals surface area contributed by atoms with E-state index < -0.39 is 11.9 Å². The molecule has 1 N–H and O–H groups in total. The summed E-state index contributed by atoms with van der Waals surface area (Å²) in [4.78, 5) is 35.3. The van der Waals surface area contributed by atoms with E-state index in [2.05, 4.69) is 14.8 Å². The molecule has 7 nitrogen and oxygen atoms in total. The molecule has 7 heteroatoms. The molecule has 1 aromatic carbocycles. The fourth-order valence-corrected chi connectivity index (χ4v) is 2.31. The first kappa shape index (κ1) is 17.8. The van der Waals surface area contributed by atoms with Crippen molar-refractivity contribution < 1.29 is 28.6 Å². The average molecular weight is 335 g/mol. The van der Waals surface area contributed by atoms with Crippen LogP contribution in [0, 0.1) is 5.92 Å². The predicted octanol–water partition coefficient (Wildman–Crippen LogP) is 1.55. The number of hydrogen-bond donors (Lipinski definition) is 1. The van der Waals surface area contributed by atoms with Gasteiger partial charge in [-0.15, -0.1) is 0 Å². The molecule has 1 saturated carbocycles. The summed E-state index contributed by atoms with van der Waals surface area (Å²) < 4.78 is 14.7. The Morgan fingerprint density at radius 2 is 1.62 bits per heavy atom. The number of nitrogens with one attached hydrogen (secondary N) is 1. The second kappa shape index (κ2) is 7.81. The quantitative estimate of drug-likeness (QED) is 0.760. The Balaban J connectivity index is 2.05. The van der Waals surface area contributed by atoms with Crippen LogP contribution in [-0.2, 0) is 14.3 Å². The summed E-state index contributed by atoms with van der Waals surface area (Å²) in [6.45, 7) is 1.76. The molecule has 1 aromatic rings. The average Bonchev–Trinajstić information content (AvgIpc) is 3.43. The van der Waals surface area contributed by atoms with Crippen LogP contribution in [0.1, 0.15) is 40.5 Å². The largest absolute Gasteiger partial charge is 0.484 e. The fraction of sp³-hybridized carbons (Fsp3) is 0.471. The van der Waals surface area contributed by atoms with Crippen LogP contribution in [0.5, 0.6) is 5.75 Å². The van der Waals surface area contributed by atoms with Gasteiger partial charge < -0.3 is 19.5 Å². The second-order valence-electron chi connectivity index (χ2n) is 5.71. The van der Waals surface area contributed by atoms with Crippen molar-refractivity contribution in [3.8, 4) is 5.75 Å². The van der Waals surface area contributed by atoms with Crippen LogP contribution >= 0.6 is 0 Å². The summed E-state index contributed by atoms with van der Waals surface area (Å²) in [5, 5.41) is 2.86. The van der Waals surface area contributed by atoms with Crippen LogP contribution in [0.2, 0.25) is 0 Å². The van der Waals surface area contributed by atoms with Crippen LogP contribution < -0.4 is 10.1 Å². The molecule has 0 aromatic heterocycles. The van der Waals surface area contributed by atoms with E-state index in [4.69, 9.17) is 4.74 Å². The van der Waals surface area contributed by atoms with Crippen LogP contribution in [0.15, 0.2) is 18.2 Å². The van der Waals surface area contributed by atoms with Crippen LogP contribution in [0.4, 0.5) is 0 Å². The van der Waals surface area contributed by atoms with Crippen LogP contribution in [0.3, 0.4) is 0 Å². The lowest BCUT2D eigenvalue weighted by Gasteiger charge is -2.14. The zero-order valence-corrected chi connectivity index (χ0v) is 14.0. The molecular weight excluding hydrogens is 314 g/mol. The first-order chi connectivity index (χ1) is 11.4. The summed E-state index contributed by atoms with van der Waals surface area (Å²) in [5.41, 5.74) is 0.282. The van der Waals surface area contributed by atoms with E-state index in [0.29, 0.717) is 5.92 Å². The summed E-state index contributed by atoms with van der Waals surface area (Å²) in [6.07, 6.45) is 2.26. The maximum absolute atomic E-state index is 11.9. The molecule has 0 unspecified atom stereocenters. The normalized spacial score (nSPS) is 14.5. The molecule has 0 radical (unpaired) electrons. The molecule has 1 aliphatic carbocycles. The van der Waals surface area contributed by atoms with E-state index in [-0.39, 0.29) is 35.4 Å². The number of esters is 2. The van der Waals surface area contributed by atoms with Gasteiger partial charge in [0.05, 0.1) is 25.3 Å². The molecule has 1 amide bonds. The van der Waals surface area contributed by atoms with Crippen molar-refractivity contribution in [1.29, 1.82) is 0 Å². The van der Waals surface area contributed by atoms with Crippen molar-refractivity contribution in [1.82, 2.24) is 5.32 Å². The van der Waals surface area contributed by atoms with Gasteiger partial charge in [-0.25, -0.2) is 9.59 Å². The van der Waals surface area contributed by atoms with Gasteiger partial charge in [-0.1, -0.05) is 0 Å². The fourth-order valence-electron chi connectivity index (χ4n) is 2.31. The van der Waals surface area contributed by atoms with Gasteiger partial charge >= 0.3 is 11.9 Å². The third-order valence-electron chi connectivity index (χ3n) is 3.84. The Kier molecular flexibility index (Phi) is 5.78. The van der Waals surface area contributed by atoms with E-state index in [1.807, 2.05) is 6.92 Å². The van der Waals surface area contributed by atoms with Gasteiger partial charge in [0.15, 0.2) is 6.61 Å². The van der Waals surface area contributed by atoms with Gasteiger partial charge in [0, 0.05) is 6.04 Å². The van der Waals surface area contributed by atoms with Crippen molar-refractivity contribution in [2.24, 2.45) is 5.92 Å². The lowest BCUT2D eigenvalue weighted by molar-refractivity contribution is -0.123. The van der Waals surface area contributed by atoms with Gasteiger partial charge in [0.25, 0.3) is 5.91 Å². The lowest BCUT2D eigenvalue weighted by atomic mass is 10.1. The number of carbonyl (C=O) groups excluding carboxylic acids is 3. The summed E-state index contributed by atoms with van der Waals surface area (Å²) in [7, 11) is 2.47. The van der Waals surface area contributed by atoms with E-state index in [1.165, 1.54) is 32.4 Å². The molecule has 0 bridgehead atoms. The maximum Gasteiger partial charge on any atom is 0.338 e. The van der Waals surface area contributed by atoms with Crippen molar-refractivity contribution in [3.05, 3.63) is 29.3 Å². The molecular formula is C17H21NO6. The van der Waals surface area contributed by atoms with Gasteiger partial charge in [0.1, 0.15) is 5.75 Å². The minimum absolute atomic E-state index is 0.119. The number of methoxy groups -OCH3 is 2. The highest BCUT2D eigenvalue weighted by Crippen LogP contribution is 2.32. The van der Waals surface area contributed by atoms with Gasteiger partial charge in [0.2, 0.25) is 0 Å². The number of hydrogen-bond acceptors (Lipinski definition) is 6. The van der Waals surface area contributed by atoms with Crippen molar-refractivity contribution >= 4 is 17.8 Å². The van der Waals surface area contributed by atoms with Crippen LogP contribution in [0.25, 0.3) is 0 Å². The lowest BCUT2D eigenvalue weighted by Crippen LogP contribution is -2.37. The molecule has 0 spiro atoms. The standard InChI is InChI=1S/C17H21NO6/c1-10(11-4-5-11)18-15(19)9-24-14-7-12(16(20)22-2)6-13(8-14)17(21)23-3/h6-8,10-11H,4-5,9H2,1-3H3,(H,18,19)/t10-/m1/s1. The molecule has 130 valence electrons. The minimum atomic E-state index is -0.614. The second-order valence-corrected chi connectivity index (χ2v) is 5.71. The van der Waals surface area contributed by atoms with Crippen molar-refractivity contribution in [2.45, 2.75) is 25.8 Å². The molecule has 1 atom stereocenters. The number of ether oxygens (including phenoxy) is 3. The first-order valence-corrected chi connectivity index (χ1v) is 7.68. The third kappa shape index (κ3) is 4.71. The minimum Gasteiger partial charge on any atom is -0.484 e. The zero-order chi connectivity index (χ0) is 17.7. The Bertz CT molecular complexity index is 604. The molecule has 1 aliphatic rings. The van der Waals surface area contributed by atoms with Gasteiger partial charge in [-0.3, -0.25) is 4.79 Å². The molecule has 0 aliphatic heterocycles. The highest BCUT2D eigenvalue weighted by atomic mass is 16.5. The Morgan fingerprint density at radius 1 is 1.08 bits per heavy atom. The van der Waals surface area contributed by atoms with Crippen LogP contribution in [-0.4, -0.2) is 44.7 Å². The van der Waals surface area contributed by atoms with Crippen molar-refractivity contribution in [3.63, 3.8) is 0 Å². The maximum atomic E-state index is 11.9. The first-order valence-electron chi connectivity index (χ1n) is 7.68. The zero-order valence-electron chi connectivity index (χ0n) is 14.0. The molecule has 24 heavy (non-hydrogen) atoms. The topological polar surface area (TPSA) is 90.9 Å². The highest BCUT2D eigenvalue weighted by molar-refractivity contribution is 5.96. The number of benzene rings is 1. The Labute approximate surface area is 140 Å². The van der Waals surface area contributed by atoms with E-state index in [9.17, 15) is 14.4 Å². The molecule has 0 saturated heterocycles. The van der Waals surface area contributed by atoms with E-state index in [0.717, 1.165) is 12.8 Å². The molecule has 1 fully saturated rings. The summed E-state index contributed by atoms with van der Waals surface area (Å²) >= 11 is 0. The SMILES string of the molecule is COC(=O)c1cc(OCC(=O)N[C@H](C)C2CC2)cc(C(=O)OC)c1. The molecule has 2 rings (SSSR count). The Hall–Kier alpha value is -2.57. The summed E-state index contributed by atoms with van der Waals surface area (Å²) in [6, 6.07) is 4.29. The summed E-state index contributed by atoms with van der Waals surface area (Å²) in [5.74, 6) is -0.720. The smallest absolute Gasteiger partial charge is 0.338 e. The number of amides is 1. The Morgan fingerprint density at radius 3 is 2.08 bits per heavy atom. The van der Waals surface area contributed by atoms with Gasteiger partial charge in [-0.05, 0) is 43.9 Å². The van der Waals surface area contributed by atoms with Gasteiger partial charge in [-0.2, -0.15) is 0 Å². The highest BCUT2D eigenvalue weighted by Gasteiger charge is 2.28. The number of carbonyl (C=O) groups is 3. The predicted molar refractivity (Wildman–Crippen MR) is 84.9 cm³/mol. The third-order valence-corrected chi connectivity index (χ3v) is 3.84. The number of rotatable bonds is 7. The van der Waals surface area contributed by atoms with Crippen molar-refractivity contribution in [2.75, 3.05) is 20.8 Å². The van der Waals surface area contributed by atoms with E-state index >= 15 is 0 Å². The molecule has 0 heterocycles. The monoisotopic (exact) mass is 335 g/mol.